The number of rotatable bonds is 61. The lowest BCUT2D eigenvalue weighted by atomic mass is 9.99. The summed E-state index contributed by atoms with van der Waals surface area (Å²) in [7, 11) is -9.88. The van der Waals surface area contributed by atoms with Gasteiger partial charge in [-0.15, -0.1) is 0 Å². The van der Waals surface area contributed by atoms with Crippen molar-refractivity contribution in [2.45, 2.75) is 324 Å². The highest BCUT2D eigenvalue weighted by atomic mass is 31.2. The number of phosphoric acid groups is 2. The summed E-state index contributed by atoms with van der Waals surface area (Å²) in [6.07, 6.45) is 35.0. The molecular formula is C63H122O17P2. The summed E-state index contributed by atoms with van der Waals surface area (Å²) in [5.74, 6) is 0.0553. The lowest BCUT2D eigenvalue weighted by molar-refractivity contribution is -0.161. The summed E-state index contributed by atoms with van der Waals surface area (Å²) >= 11 is 0. The van der Waals surface area contributed by atoms with Gasteiger partial charge in [-0.1, -0.05) is 254 Å². The molecule has 3 N–H and O–H groups in total. The van der Waals surface area contributed by atoms with E-state index in [0.29, 0.717) is 31.6 Å². The van der Waals surface area contributed by atoms with Crippen molar-refractivity contribution in [1.82, 2.24) is 0 Å². The van der Waals surface area contributed by atoms with Crippen LogP contribution < -0.4 is 0 Å². The predicted molar refractivity (Wildman–Crippen MR) is 326 cm³/mol. The van der Waals surface area contributed by atoms with Gasteiger partial charge >= 0.3 is 39.5 Å². The summed E-state index contributed by atoms with van der Waals surface area (Å²) in [5.41, 5.74) is 0. The minimum Gasteiger partial charge on any atom is -0.462 e. The van der Waals surface area contributed by atoms with Crippen molar-refractivity contribution in [3.63, 3.8) is 0 Å². The number of aliphatic hydroxyl groups is 1. The van der Waals surface area contributed by atoms with Gasteiger partial charge in [0.1, 0.15) is 19.3 Å². The number of hydrogen-bond donors (Lipinski definition) is 3. The van der Waals surface area contributed by atoms with Crippen molar-refractivity contribution in [3.05, 3.63) is 0 Å². The molecule has 0 spiro atoms. The molecule has 17 nitrogen and oxygen atoms in total. The zero-order valence-corrected chi connectivity index (χ0v) is 54.7. The SMILES string of the molecule is CCCCCCCCCCC(=O)OC[C@H](COP(=O)(O)OC[C@H](O)COP(=O)(O)OC[C@@H](COC(=O)CCCCCCCCCCC(C)C)OC(=O)CCCCCCCCCCCCC(C)CC)OC(=O)CCCCCCCCC(C)C. The number of phosphoric ester groups is 2. The van der Waals surface area contributed by atoms with E-state index in [1.807, 2.05) is 0 Å². The average molecular weight is 1210 g/mol. The third-order valence-corrected chi connectivity index (χ3v) is 16.6. The van der Waals surface area contributed by atoms with E-state index in [9.17, 15) is 43.2 Å². The monoisotopic (exact) mass is 1210 g/mol. The van der Waals surface area contributed by atoms with E-state index < -0.39 is 97.5 Å². The maximum absolute atomic E-state index is 13.0. The van der Waals surface area contributed by atoms with Crippen LogP contribution in [0.15, 0.2) is 0 Å². The highest BCUT2D eigenvalue weighted by molar-refractivity contribution is 7.47. The smallest absolute Gasteiger partial charge is 0.462 e. The lowest BCUT2D eigenvalue weighted by Crippen LogP contribution is -2.30. The first kappa shape index (κ1) is 80.1. The van der Waals surface area contributed by atoms with Gasteiger partial charge in [-0.05, 0) is 43.4 Å². The first-order chi connectivity index (χ1) is 39.3. The number of hydrogen-bond acceptors (Lipinski definition) is 15. The van der Waals surface area contributed by atoms with Crippen LogP contribution in [0.4, 0.5) is 0 Å². The maximum Gasteiger partial charge on any atom is 0.472 e. The summed E-state index contributed by atoms with van der Waals surface area (Å²) in [4.78, 5) is 72.1. The van der Waals surface area contributed by atoms with Crippen molar-refractivity contribution in [3.8, 4) is 0 Å². The fourth-order valence-corrected chi connectivity index (χ4v) is 10.9. The summed E-state index contributed by atoms with van der Waals surface area (Å²) in [6, 6.07) is 0. The Morgan fingerprint density at radius 2 is 0.622 bits per heavy atom. The highest BCUT2D eigenvalue weighted by Crippen LogP contribution is 2.45. The average Bonchev–Trinajstić information content (AvgIpc) is 3.45. The predicted octanol–water partition coefficient (Wildman–Crippen LogP) is 17.1. The van der Waals surface area contributed by atoms with Gasteiger partial charge in [0.05, 0.1) is 26.4 Å². The van der Waals surface area contributed by atoms with Crippen molar-refractivity contribution in [2.75, 3.05) is 39.6 Å². The number of aliphatic hydroxyl groups excluding tert-OH is 1. The van der Waals surface area contributed by atoms with Crippen LogP contribution in [0, 0.1) is 17.8 Å². The lowest BCUT2D eigenvalue weighted by Gasteiger charge is -2.21. The van der Waals surface area contributed by atoms with Crippen molar-refractivity contribution >= 4 is 39.5 Å². The minimum atomic E-state index is -4.94. The zero-order chi connectivity index (χ0) is 61.0. The Balaban J connectivity index is 5.23. The van der Waals surface area contributed by atoms with Crippen LogP contribution in [0.1, 0.15) is 305 Å². The van der Waals surface area contributed by atoms with E-state index in [-0.39, 0.29) is 25.7 Å². The Labute approximate surface area is 498 Å². The van der Waals surface area contributed by atoms with Crippen LogP contribution in [0.5, 0.6) is 0 Å². The molecule has 6 atom stereocenters. The van der Waals surface area contributed by atoms with Crippen LogP contribution >= 0.6 is 15.6 Å². The fraction of sp³-hybridized carbons (Fsp3) is 0.937. The first-order valence-corrected chi connectivity index (χ1v) is 35.9. The van der Waals surface area contributed by atoms with E-state index in [1.165, 1.54) is 109 Å². The largest absolute Gasteiger partial charge is 0.472 e. The third kappa shape index (κ3) is 55.9. The molecule has 0 radical (unpaired) electrons. The molecule has 0 aliphatic carbocycles. The maximum atomic E-state index is 13.0. The number of carbonyl (C=O) groups excluding carboxylic acids is 4. The Kier molecular flexibility index (Phi) is 53.2. The topological polar surface area (TPSA) is 237 Å². The molecule has 0 rings (SSSR count). The van der Waals surface area contributed by atoms with E-state index in [2.05, 4.69) is 48.5 Å². The Morgan fingerprint density at radius 3 is 0.927 bits per heavy atom. The molecule has 0 aliphatic heterocycles. The molecule has 0 fully saturated rings. The van der Waals surface area contributed by atoms with Crippen molar-refractivity contribution in [2.24, 2.45) is 17.8 Å². The fourth-order valence-electron chi connectivity index (χ4n) is 9.27. The molecular weight excluding hydrogens is 1090 g/mol. The second kappa shape index (κ2) is 54.5. The first-order valence-electron chi connectivity index (χ1n) is 32.9. The molecule has 0 aromatic carbocycles. The molecule has 0 heterocycles. The van der Waals surface area contributed by atoms with Gasteiger partial charge in [-0.25, -0.2) is 9.13 Å². The normalized spacial score (nSPS) is 14.7. The van der Waals surface area contributed by atoms with Crippen LogP contribution in [0.2, 0.25) is 0 Å². The summed E-state index contributed by atoms with van der Waals surface area (Å²) in [6.45, 7) is 11.7. The standard InChI is InChI=1S/C63H122O17P2/c1-8-10-11-12-13-22-30-37-44-60(65)73-51-59(80-63(68)47-40-33-26-25-28-35-42-55(5)6)53-78-82(71,72)76-49-57(64)48-75-81(69,70)77-52-58(50-74-61(66)45-38-31-23-19-18-20-27-34-41-54(3)4)79-62(67)46-39-32-24-17-15-14-16-21-29-36-43-56(7)9-2/h54-59,64H,8-53H2,1-7H3,(H,69,70)(H,71,72)/t56?,57-,58-,59-/m1/s1. The van der Waals surface area contributed by atoms with Gasteiger partial charge in [0, 0.05) is 25.7 Å². The van der Waals surface area contributed by atoms with Crippen molar-refractivity contribution < 1.29 is 80.2 Å². The highest BCUT2D eigenvalue weighted by Gasteiger charge is 2.30. The van der Waals surface area contributed by atoms with Gasteiger partial charge in [-0.2, -0.15) is 0 Å². The molecule has 19 heteroatoms. The van der Waals surface area contributed by atoms with Crippen molar-refractivity contribution in [1.29, 1.82) is 0 Å². The van der Waals surface area contributed by atoms with Gasteiger partial charge in [-0.3, -0.25) is 37.3 Å². The van der Waals surface area contributed by atoms with Crippen LogP contribution in [-0.2, 0) is 65.4 Å². The second-order valence-electron chi connectivity index (χ2n) is 24.0. The van der Waals surface area contributed by atoms with E-state index in [0.717, 1.165) is 108 Å². The molecule has 82 heavy (non-hydrogen) atoms. The van der Waals surface area contributed by atoms with E-state index in [4.69, 9.17) is 37.0 Å². The van der Waals surface area contributed by atoms with Crippen LogP contribution in [-0.4, -0.2) is 96.7 Å². The molecule has 486 valence electrons. The van der Waals surface area contributed by atoms with Crippen LogP contribution in [0.25, 0.3) is 0 Å². The van der Waals surface area contributed by atoms with Crippen LogP contribution in [0.3, 0.4) is 0 Å². The quantitative estimate of drug-likeness (QED) is 0.0222. The Morgan fingerprint density at radius 1 is 0.354 bits per heavy atom. The number of ether oxygens (including phenoxy) is 4. The molecule has 0 bridgehead atoms. The Bertz CT molecular complexity index is 1630. The van der Waals surface area contributed by atoms with E-state index >= 15 is 0 Å². The molecule has 0 saturated carbocycles. The molecule has 0 aromatic rings. The second-order valence-corrected chi connectivity index (χ2v) is 26.9. The summed E-state index contributed by atoms with van der Waals surface area (Å²) < 4.78 is 67.9. The van der Waals surface area contributed by atoms with E-state index in [1.54, 1.807) is 0 Å². The number of esters is 4. The Hall–Kier alpha value is -1.94. The minimum absolute atomic E-state index is 0.101. The molecule has 0 saturated heterocycles. The molecule has 0 amide bonds. The third-order valence-electron chi connectivity index (χ3n) is 14.7. The number of carbonyl (C=O) groups is 4. The zero-order valence-electron chi connectivity index (χ0n) is 52.9. The molecule has 0 aromatic heterocycles. The van der Waals surface area contributed by atoms with Gasteiger partial charge in [0.25, 0.3) is 0 Å². The molecule has 3 unspecified atom stereocenters. The number of unbranched alkanes of at least 4 members (excludes halogenated alkanes) is 28. The van der Waals surface area contributed by atoms with Gasteiger partial charge in [0.15, 0.2) is 12.2 Å². The van der Waals surface area contributed by atoms with Gasteiger partial charge < -0.3 is 33.8 Å². The molecule has 0 aliphatic rings. The van der Waals surface area contributed by atoms with Gasteiger partial charge in [0.2, 0.25) is 0 Å². The summed E-state index contributed by atoms with van der Waals surface area (Å²) in [5, 5.41) is 10.5.